The number of benzene rings is 1. The fourth-order valence-corrected chi connectivity index (χ4v) is 1.56. The minimum absolute atomic E-state index is 0.0965. The molecule has 0 N–H and O–H groups in total. The summed E-state index contributed by atoms with van der Waals surface area (Å²) in [6, 6.07) is 1.10. The van der Waals surface area contributed by atoms with Crippen LogP contribution in [0.3, 0.4) is 0 Å². The number of hydrogen-bond acceptors (Lipinski definition) is 4. The van der Waals surface area contributed by atoms with Crippen molar-refractivity contribution in [3.8, 4) is 23.0 Å². The van der Waals surface area contributed by atoms with Gasteiger partial charge < -0.3 is 18.9 Å². The molecule has 1 aromatic carbocycles. The smallest absolute Gasteiger partial charge is 0.423 e. The standard InChI is InChI=1S/C11H13F3O4/c1-15-6-5-7(16-2)9(17-3)10(18-4)8(6)11(12,13)14/h5H,1-4H3. The maximum atomic E-state index is 13.0. The van der Waals surface area contributed by atoms with Crippen molar-refractivity contribution in [3.05, 3.63) is 11.6 Å². The molecular weight excluding hydrogens is 253 g/mol. The van der Waals surface area contributed by atoms with Crippen LogP contribution in [0, 0.1) is 0 Å². The summed E-state index contributed by atoms with van der Waals surface area (Å²) < 4.78 is 58.3. The first-order valence-electron chi connectivity index (χ1n) is 4.84. The van der Waals surface area contributed by atoms with Gasteiger partial charge in [-0.05, 0) is 0 Å². The third-order valence-corrected chi connectivity index (χ3v) is 2.30. The van der Waals surface area contributed by atoms with E-state index in [1.165, 1.54) is 14.2 Å². The molecule has 1 rings (SSSR count). The fourth-order valence-electron chi connectivity index (χ4n) is 1.56. The SMILES string of the molecule is COc1cc(OC)c(C(F)(F)F)c(OC)c1OC. The number of halogens is 3. The highest BCUT2D eigenvalue weighted by molar-refractivity contribution is 5.62. The van der Waals surface area contributed by atoms with E-state index in [-0.39, 0.29) is 11.5 Å². The van der Waals surface area contributed by atoms with E-state index >= 15 is 0 Å². The van der Waals surface area contributed by atoms with Crippen LogP contribution in [0.4, 0.5) is 13.2 Å². The minimum atomic E-state index is -4.63. The molecule has 0 radical (unpaired) electrons. The van der Waals surface area contributed by atoms with E-state index in [1.807, 2.05) is 0 Å². The van der Waals surface area contributed by atoms with E-state index in [0.29, 0.717) is 0 Å². The van der Waals surface area contributed by atoms with Crippen molar-refractivity contribution < 1.29 is 32.1 Å². The lowest BCUT2D eigenvalue weighted by atomic mass is 10.1. The lowest BCUT2D eigenvalue weighted by Gasteiger charge is -2.20. The van der Waals surface area contributed by atoms with Gasteiger partial charge in [-0.1, -0.05) is 0 Å². The number of rotatable bonds is 4. The summed E-state index contributed by atoms with van der Waals surface area (Å²) in [5.74, 6) is -0.898. The van der Waals surface area contributed by atoms with E-state index in [4.69, 9.17) is 18.9 Å². The van der Waals surface area contributed by atoms with Crippen LogP contribution in [0.25, 0.3) is 0 Å². The molecule has 0 aliphatic rings. The molecule has 0 aromatic heterocycles. The van der Waals surface area contributed by atoms with Crippen LogP contribution in [-0.4, -0.2) is 28.4 Å². The fraction of sp³-hybridized carbons (Fsp3) is 0.455. The molecule has 0 spiro atoms. The predicted octanol–water partition coefficient (Wildman–Crippen LogP) is 2.74. The molecular formula is C11H13F3O4. The van der Waals surface area contributed by atoms with E-state index < -0.39 is 23.2 Å². The Morgan fingerprint density at radius 3 is 1.61 bits per heavy atom. The first-order valence-corrected chi connectivity index (χ1v) is 4.84. The summed E-state index contributed by atoms with van der Waals surface area (Å²) in [4.78, 5) is 0. The van der Waals surface area contributed by atoms with Crippen molar-refractivity contribution in [1.82, 2.24) is 0 Å². The molecule has 0 unspecified atom stereocenters. The summed E-state index contributed by atoms with van der Waals surface area (Å²) in [6.07, 6.45) is -4.63. The lowest BCUT2D eigenvalue weighted by Crippen LogP contribution is -2.11. The van der Waals surface area contributed by atoms with Crippen LogP contribution >= 0.6 is 0 Å². The van der Waals surface area contributed by atoms with Crippen molar-refractivity contribution in [2.24, 2.45) is 0 Å². The van der Waals surface area contributed by atoms with E-state index in [9.17, 15) is 13.2 Å². The highest BCUT2D eigenvalue weighted by Gasteiger charge is 2.41. The highest BCUT2D eigenvalue weighted by atomic mass is 19.4. The monoisotopic (exact) mass is 266 g/mol. The first kappa shape index (κ1) is 14.3. The van der Waals surface area contributed by atoms with Crippen LogP contribution in [0.15, 0.2) is 6.07 Å². The molecule has 0 aliphatic carbocycles. The zero-order valence-electron chi connectivity index (χ0n) is 10.3. The topological polar surface area (TPSA) is 36.9 Å². The lowest BCUT2D eigenvalue weighted by molar-refractivity contribution is -0.140. The Kier molecular flexibility index (Phi) is 4.15. The molecule has 0 amide bonds. The van der Waals surface area contributed by atoms with Gasteiger partial charge in [0.1, 0.15) is 11.3 Å². The molecule has 7 heteroatoms. The molecule has 0 atom stereocenters. The second-order valence-corrected chi connectivity index (χ2v) is 3.22. The molecule has 0 heterocycles. The maximum Gasteiger partial charge on any atom is 0.423 e. The molecule has 0 saturated heterocycles. The van der Waals surface area contributed by atoms with Gasteiger partial charge in [0, 0.05) is 6.07 Å². The molecule has 0 aliphatic heterocycles. The normalized spacial score (nSPS) is 11.1. The van der Waals surface area contributed by atoms with Crippen LogP contribution in [0.1, 0.15) is 5.56 Å². The number of ether oxygens (including phenoxy) is 4. The van der Waals surface area contributed by atoms with Crippen LogP contribution in [0.2, 0.25) is 0 Å². The van der Waals surface area contributed by atoms with Crippen LogP contribution in [0.5, 0.6) is 23.0 Å². The second kappa shape index (κ2) is 5.24. The van der Waals surface area contributed by atoms with Crippen molar-refractivity contribution >= 4 is 0 Å². The Morgan fingerprint density at radius 1 is 0.778 bits per heavy atom. The molecule has 0 saturated carbocycles. The van der Waals surface area contributed by atoms with Gasteiger partial charge in [-0.2, -0.15) is 13.2 Å². The van der Waals surface area contributed by atoms with Gasteiger partial charge in [-0.15, -0.1) is 0 Å². The minimum Gasteiger partial charge on any atom is -0.496 e. The third kappa shape index (κ3) is 2.39. The van der Waals surface area contributed by atoms with E-state index in [0.717, 1.165) is 20.3 Å². The molecule has 0 bridgehead atoms. The Labute approximate surface area is 102 Å². The van der Waals surface area contributed by atoms with Crippen LogP contribution in [-0.2, 0) is 6.18 Å². The quantitative estimate of drug-likeness (QED) is 0.839. The van der Waals surface area contributed by atoms with Gasteiger partial charge in [-0.25, -0.2) is 0 Å². The number of hydrogen-bond donors (Lipinski definition) is 0. The zero-order valence-corrected chi connectivity index (χ0v) is 10.3. The van der Waals surface area contributed by atoms with Gasteiger partial charge >= 0.3 is 6.18 Å². The molecule has 18 heavy (non-hydrogen) atoms. The van der Waals surface area contributed by atoms with Gasteiger partial charge in [0.05, 0.1) is 28.4 Å². The Balaban J connectivity index is 3.66. The summed E-state index contributed by atoms with van der Waals surface area (Å²) in [6.45, 7) is 0. The molecule has 4 nitrogen and oxygen atoms in total. The highest BCUT2D eigenvalue weighted by Crippen LogP contribution is 2.51. The van der Waals surface area contributed by atoms with Crippen molar-refractivity contribution in [1.29, 1.82) is 0 Å². The van der Waals surface area contributed by atoms with Crippen LogP contribution < -0.4 is 18.9 Å². The Bertz CT molecular complexity index is 429. The summed E-state index contributed by atoms with van der Waals surface area (Å²) in [5.41, 5.74) is -1.04. The largest absolute Gasteiger partial charge is 0.496 e. The average molecular weight is 266 g/mol. The molecule has 0 fully saturated rings. The summed E-state index contributed by atoms with van der Waals surface area (Å²) in [7, 11) is 4.79. The first-order chi connectivity index (χ1) is 8.40. The van der Waals surface area contributed by atoms with Gasteiger partial charge in [-0.3, -0.25) is 0 Å². The molecule has 1 aromatic rings. The molecule has 102 valence electrons. The Hall–Kier alpha value is -1.79. The zero-order chi connectivity index (χ0) is 13.9. The van der Waals surface area contributed by atoms with E-state index in [2.05, 4.69) is 0 Å². The maximum absolute atomic E-state index is 13.0. The van der Waals surface area contributed by atoms with Gasteiger partial charge in [0.15, 0.2) is 11.5 Å². The Morgan fingerprint density at radius 2 is 1.28 bits per heavy atom. The van der Waals surface area contributed by atoms with Crippen molar-refractivity contribution in [2.75, 3.05) is 28.4 Å². The van der Waals surface area contributed by atoms with Gasteiger partial charge in [0.25, 0.3) is 0 Å². The predicted molar refractivity (Wildman–Crippen MR) is 57.7 cm³/mol. The van der Waals surface area contributed by atoms with Gasteiger partial charge in [0.2, 0.25) is 5.75 Å². The average Bonchev–Trinajstić information content (AvgIpc) is 2.34. The number of methoxy groups -OCH3 is 4. The summed E-state index contributed by atoms with van der Waals surface area (Å²) in [5, 5.41) is 0. The van der Waals surface area contributed by atoms with Crippen molar-refractivity contribution in [2.45, 2.75) is 6.18 Å². The van der Waals surface area contributed by atoms with Crippen molar-refractivity contribution in [3.63, 3.8) is 0 Å². The second-order valence-electron chi connectivity index (χ2n) is 3.22. The number of alkyl halides is 3. The van der Waals surface area contributed by atoms with E-state index in [1.54, 1.807) is 0 Å². The summed E-state index contributed by atoms with van der Waals surface area (Å²) >= 11 is 0. The third-order valence-electron chi connectivity index (χ3n) is 2.30.